The summed E-state index contributed by atoms with van der Waals surface area (Å²) in [6, 6.07) is 16.2. The maximum atomic E-state index is 13.6. The number of ether oxygens (including phenoxy) is 1. The summed E-state index contributed by atoms with van der Waals surface area (Å²) in [4.78, 5) is 33.7. The van der Waals surface area contributed by atoms with Gasteiger partial charge in [0.15, 0.2) is 5.13 Å². The summed E-state index contributed by atoms with van der Waals surface area (Å²) in [5, 5.41) is 4.23. The third-order valence-electron chi connectivity index (χ3n) is 5.90. The van der Waals surface area contributed by atoms with E-state index >= 15 is 0 Å². The van der Waals surface area contributed by atoms with Gasteiger partial charge in [0.25, 0.3) is 0 Å². The van der Waals surface area contributed by atoms with E-state index in [1.54, 1.807) is 13.1 Å². The minimum absolute atomic E-state index is 0.207. The van der Waals surface area contributed by atoms with Crippen molar-refractivity contribution in [1.29, 1.82) is 0 Å². The number of rotatable bonds is 8. The maximum absolute atomic E-state index is 13.6. The second-order valence-electron chi connectivity index (χ2n) is 8.20. The van der Waals surface area contributed by atoms with Crippen molar-refractivity contribution >= 4 is 39.9 Å². The van der Waals surface area contributed by atoms with E-state index in [9.17, 15) is 9.59 Å². The van der Waals surface area contributed by atoms with E-state index < -0.39 is 12.1 Å². The van der Waals surface area contributed by atoms with E-state index in [-0.39, 0.29) is 11.9 Å². The fourth-order valence-corrected chi connectivity index (χ4v) is 5.37. The maximum Gasteiger partial charge on any atom is 0.323 e. The van der Waals surface area contributed by atoms with Crippen molar-refractivity contribution in [2.24, 2.45) is 0 Å². The molecule has 1 aliphatic heterocycles. The van der Waals surface area contributed by atoms with Crippen LogP contribution in [0.15, 0.2) is 60.8 Å². The van der Waals surface area contributed by atoms with Gasteiger partial charge in [0.05, 0.1) is 6.61 Å². The van der Waals surface area contributed by atoms with Crippen LogP contribution in [0.2, 0.25) is 5.02 Å². The minimum atomic E-state index is -0.619. The lowest BCUT2D eigenvalue weighted by Gasteiger charge is -2.39. The van der Waals surface area contributed by atoms with Crippen LogP contribution in [0.5, 0.6) is 0 Å². The van der Waals surface area contributed by atoms with Gasteiger partial charge >= 0.3 is 5.97 Å². The van der Waals surface area contributed by atoms with Crippen molar-refractivity contribution < 1.29 is 14.3 Å². The van der Waals surface area contributed by atoms with E-state index in [1.165, 1.54) is 11.3 Å². The largest absolute Gasteiger partial charge is 0.465 e. The van der Waals surface area contributed by atoms with Gasteiger partial charge in [-0.15, -0.1) is 11.3 Å². The first-order chi connectivity index (χ1) is 16.6. The van der Waals surface area contributed by atoms with Gasteiger partial charge in [0.1, 0.15) is 12.1 Å². The molecular formula is C26H28ClN3O3S. The highest BCUT2D eigenvalue weighted by Crippen LogP contribution is 2.32. The Morgan fingerprint density at radius 1 is 1.18 bits per heavy atom. The summed E-state index contributed by atoms with van der Waals surface area (Å²) in [7, 11) is 0. The lowest BCUT2D eigenvalue weighted by Crippen LogP contribution is -2.50. The van der Waals surface area contributed by atoms with E-state index in [4.69, 9.17) is 16.3 Å². The molecular weight excluding hydrogens is 470 g/mol. The molecule has 3 aromatic rings. The third kappa shape index (κ3) is 5.84. The van der Waals surface area contributed by atoms with Gasteiger partial charge in [-0.3, -0.25) is 14.5 Å². The number of aromatic nitrogens is 1. The van der Waals surface area contributed by atoms with Crippen molar-refractivity contribution in [3.63, 3.8) is 0 Å². The van der Waals surface area contributed by atoms with Crippen LogP contribution in [0.1, 0.15) is 48.2 Å². The summed E-state index contributed by atoms with van der Waals surface area (Å²) in [6.45, 7) is 2.76. The Bertz CT molecular complexity index is 1120. The van der Waals surface area contributed by atoms with Crippen LogP contribution >= 0.6 is 22.9 Å². The van der Waals surface area contributed by atoms with Crippen molar-refractivity contribution in [2.75, 3.05) is 18.5 Å². The summed E-state index contributed by atoms with van der Waals surface area (Å²) in [5.74, 6) is -0.478. The van der Waals surface area contributed by atoms with E-state index in [0.717, 1.165) is 28.8 Å². The number of amides is 1. The normalized spacial score (nSPS) is 17.2. The van der Waals surface area contributed by atoms with Gasteiger partial charge < -0.3 is 10.1 Å². The summed E-state index contributed by atoms with van der Waals surface area (Å²) in [5.41, 5.74) is 1.85. The molecule has 2 aromatic carbocycles. The molecule has 0 radical (unpaired) electrons. The number of carbonyl (C=O) groups excluding carboxylic acids is 2. The molecule has 6 nitrogen and oxygen atoms in total. The molecule has 1 aliphatic rings. The highest BCUT2D eigenvalue weighted by Gasteiger charge is 2.38. The zero-order chi connectivity index (χ0) is 23.9. The number of carbonyl (C=O) groups is 2. The topological polar surface area (TPSA) is 71.5 Å². The fourth-order valence-electron chi connectivity index (χ4n) is 4.33. The molecule has 4 rings (SSSR count). The first-order valence-electron chi connectivity index (χ1n) is 11.5. The Hall–Kier alpha value is -2.74. The number of hydrogen-bond donors (Lipinski definition) is 1. The number of esters is 1. The molecule has 34 heavy (non-hydrogen) atoms. The first-order valence-corrected chi connectivity index (χ1v) is 12.7. The van der Waals surface area contributed by atoms with Gasteiger partial charge in [0, 0.05) is 29.1 Å². The molecule has 8 heteroatoms. The molecule has 0 bridgehead atoms. The molecule has 178 valence electrons. The number of nitrogens with one attached hydrogen (secondary N) is 1. The van der Waals surface area contributed by atoms with Crippen LogP contribution < -0.4 is 5.32 Å². The van der Waals surface area contributed by atoms with E-state index in [2.05, 4.69) is 10.3 Å². The number of likely N-dealkylation sites (tertiary alicyclic amines) is 1. The molecule has 0 saturated carbocycles. The molecule has 2 unspecified atom stereocenters. The Balaban J connectivity index is 1.55. The number of nitrogens with zero attached hydrogens (tertiary/aromatic N) is 2. The van der Waals surface area contributed by atoms with Crippen LogP contribution in [0.25, 0.3) is 0 Å². The van der Waals surface area contributed by atoms with Gasteiger partial charge in [0.2, 0.25) is 5.91 Å². The van der Waals surface area contributed by atoms with Gasteiger partial charge in [-0.1, -0.05) is 66.6 Å². The standard InChI is InChI=1S/C26H28ClN3O3S/c1-2-33-25(32)22-14-8-9-15-30(22)23(18-10-4-3-5-11-18)24(31)29-26-28-17-20(34-26)16-19-12-6-7-13-21(19)27/h3-7,10-13,17,22-23H,2,8-9,14-16H2,1H3,(H,28,29,31). The monoisotopic (exact) mass is 497 g/mol. The van der Waals surface area contributed by atoms with Crippen LogP contribution in [-0.4, -0.2) is 41.0 Å². The average Bonchev–Trinajstić information content (AvgIpc) is 3.28. The fraction of sp³-hybridized carbons (Fsp3) is 0.346. The molecule has 1 N–H and O–H groups in total. The van der Waals surface area contributed by atoms with E-state index in [1.807, 2.05) is 59.5 Å². The summed E-state index contributed by atoms with van der Waals surface area (Å²) < 4.78 is 5.33. The zero-order valence-corrected chi connectivity index (χ0v) is 20.6. The number of halogens is 1. The quantitative estimate of drug-likeness (QED) is 0.417. The summed E-state index contributed by atoms with van der Waals surface area (Å²) >= 11 is 7.72. The molecule has 2 atom stereocenters. The minimum Gasteiger partial charge on any atom is -0.465 e. The molecule has 0 aliphatic carbocycles. The molecule has 1 saturated heterocycles. The molecule has 2 heterocycles. The van der Waals surface area contributed by atoms with Crippen LogP contribution in [0.3, 0.4) is 0 Å². The number of hydrogen-bond acceptors (Lipinski definition) is 6. The smallest absolute Gasteiger partial charge is 0.323 e. The third-order valence-corrected chi connectivity index (χ3v) is 7.19. The Morgan fingerprint density at radius 2 is 1.94 bits per heavy atom. The second-order valence-corrected chi connectivity index (χ2v) is 9.73. The number of benzene rings is 2. The van der Waals surface area contributed by atoms with Crippen LogP contribution in [0.4, 0.5) is 5.13 Å². The Morgan fingerprint density at radius 3 is 2.71 bits per heavy atom. The highest BCUT2D eigenvalue weighted by atomic mass is 35.5. The van der Waals surface area contributed by atoms with Gasteiger partial charge in [-0.2, -0.15) is 0 Å². The highest BCUT2D eigenvalue weighted by molar-refractivity contribution is 7.15. The van der Waals surface area contributed by atoms with Crippen molar-refractivity contribution in [1.82, 2.24) is 9.88 Å². The number of piperidine rings is 1. The molecule has 1 amide bonds. The zero-order valence-electron chi connectivity index (χ0n) is 19.1. The molecule has 1 aromatic heterocycles. The van der Waals surface area contributed by atoms with Crippen LogP contribution in [-0.2, 0) is 20.7 Å². The molecule has 0 spiro atoms. The van der Waals surface area contributed by atoms with Crippen molar-refractivity contribution in [2.45, 2.75) is 44.7 Å². The number of thiazole rings is 1. The van der Waals surface area contributed by atoms with Gasteiger partial charge in [-0.05, 0) is 37.0 Å². The Labute approximate surface area is 208 Å². The van der Waals surface area contributed by atoms with E-state index in [0.29, 0.717) is 36.1 Å². The Kier molecular flexibility index (Phi) is 8.32. The first kappa shape index (κ1) is 24.4. The van der Waals surface area contributed by atoms with Crippen LogP contribution in [0, 0.1) is 0 Å². The lowest BCUT2D eigenvalue weighted by molar-refractivity contribution is -0.153. The van der Waals surface area contributed by atoms with Crippen molar-refractivity contribution in [3.8, 4) is 0 Å². The molecule has 1 fully saturated rings. The SMILES string of the molecule is CCOC(=O)C1CCCCN1C(C(=O)Nc1ncc(Cc2ccccc2Cl)s1)c1ccccc1. The summed E-state index contributed by atoms with van der Waals surface area (Å²) in [6.07, 6.45) is 4.94. The predicted molar refractivity (Wildman–Crippen MR) is 135 cm³/mol. The number of anilines is 1. The van der Waals surface area contributed by atoms with Gasteiger partial charge in [-0.25, -0.2) is 4.98 Å². The predicted octanol–water partition coefficient (Wildman–Crippen LogP) is 5.48. The lowest BCUT2D eigenvalue weighted by atomic mass is 9.95. The average molecular weight is 498 g/mol. The second kappa shape index (κ2) is 11.6. The van der Waals surface area contributed by atoms with Crippen molar-refractivity contribution in [3.05, 3.63) is 81.8 Å².